The molecule has 56 valence electrons. The summed E-state index contributed by atoms with van der Waals surface area (Å²) >= 11 is 0. The summed E-state index contributed by atoms with van der Waals surface area (Å²) in [5, 5.41) is 14.7. The third-order valence-electron chi connectivity index (χ3n) is 0.727. The first-order chi connectivity index (χ1) is 4.57. The summed E-state index contributed by atoms with van der Waals surface area (Å²) in [6, 6.07) is 0. The molecule has 0 saturated carbocycles. The molecule has 0 rings (SSSR count). The Bertz CT molecular complexity index is 177. The summed E-state index contributed by atoms with van der Waals surface area (Å²) in [4.78, 5) is 20.3. The smallest absolute Gasteiger partial charge is 0.288 e. The second-order valence-corrected chi connectivity index (χ2v) is 1.56. The van der Waals surface area contributed by atoms with Crippen molar-refractivity contribution in [3.63, 3.8) is 0 Å². The Labute approximate surface area is 56.5 Å². The number of nitrogens with one attached hydrogen (secondary N) is 2. The second kappa shape index (κ2) is 3.57. The highest BCUT2D eigenvalue weighted by molar-refractivity contribution is 6.40. The van der Waals surface area contributed by atoms with Crippen molar-refractivity contribution in [1.29, 1.82) is 5.41 Å². The second-order valence-electron chi connectivity index (χ2n) is 1.56. The molecule has 0 spiro atoms. The number of carbonyl (C=O) groups excluding carboxylic acids is 2. The SMILES string of the molecule is N=C(CC(N)=O)C(=O)NO. The highest BCUT2D eigenvalue weighted by Gasteiger charge is 2.09. The van der Waals surface area contributed by atoms with Crippen molar-refractivity contribution < 1.29 is 14.8 Å². The number of hydroxylamine groups is 1. The van der Waals surface area contributed by atoms with Crippen LogP contribution >= 0.6 is 0 Å². The van der Waals surface area contributed by atoms with Crippen molar-refractivity contribution in [3.05, 3.63) is 0 Å². The van der Waals surface area contributed by atoms with Crippen LogP contribution in [-0.2, 0) is 9.59 Å². The standard InChI is InChI=1S/C4H7N3O3/c5-2(1-3(6)8)4(9)7-10/h5,10H,1H2,(H2,6,8)(H,7,9). The van der Waals surface area contributed by atoms with E-state index in [2.05, 4.69) is 5.73 Å². The lowest BCUT2D eigenvalue weighted by Crippen LogP contribution is -2.30. The quantitative estimate of drug-likeness (QED) is 0.217. The van der Waals surface area contributed by atoms with Crippen LogP contribution in [0.2, 0.25) is 0 Å². The summed E-state index contributed by atoms with van der Waals surface area (Å²) in [5.74, 6) is -1.80. The van der Waals surface area contributed by atoms with Crippen LogP contribution < -0.4 is 11.2 Å². The average molecular weight is 145 g/mol. The van der Waals surface area contributed by atoms with E-state index in [9.17, 15) is 9.59 Å². The molecular formula is C4H7N3O3. The minimum absolute atomic E-state index is 0.466. The number of hydrogen-bond donors (Lipinski definition) is 4. The highest BCUT2D eigenvalue weighted by Crippen LogP contribution is 1.80. The monoisotopic (exact) mass is 145 g/mol. The summed E-state index contributed by atoms with van der Waals surface area (Å²) in [6.07, 6.45) is -0.466. The number of carbonyl (C=O) groups is 2. The lowest BCUT2D eigenvalue weighted by atomic mass is 10.2. The van der Waals surface area contributed by atoms with Crippen LogP contribution in [-0.4, -0.2) is 22.7 Å². The Morgan fingerprint density at radius 1 is 1.60 bits per heavy atom. The van der Waals surface area contributed by atoms with Crippen molar-refractivity contribution >= 4 is 17.5 Å². The van der Waals surface area contributed by atoms with E-state index in [0.29, 0.717) is 0 Å². The van der Waals surface area contributed by atoms with Gasteiger partial charge in [-0.15, -0.1) is 0 Å². The fourth-order valence-corrected chi connectivity index (χ4v) is 0.322. The fourth-order valence-electron chi connectivity index (χ4n) is 0.322. The van der Waals surface area contributed by atoms with Gasteiger partial charge in [0.2, 0.25) is 5.91 Å². The van der Waals surface area contributed by atoms with Crippen LogP contribution in [0.25, 0.3) is 0 Å². The molecule has 0 aliphatic heterocycles. The van der Waals surface area contributed by atoms with Gasteiger partial charge in [-0.2, -0.15) is 0 Å². The Hall–Kier alpha value is -1.43. The van der Waals surface area contributed by atoms with Gasteiger partial charge in [0, 0.05) is 0 Å². The Balaban J connectivity index is 3.86. The molecule has 5 N–H and O–H groups in total. The number of rotatable bonds is 3. The van der Waals surface area contributed by atoms with E-state index < -0.39 is 23.9 Å². The molecule has 0 aromatic heterocycles. The molecule has 0 radical (unpaired) electrons. The average Bonchev–Trinajstić information content (AvgIpc) is 1.85. The van der Waals surface area contributed by atoms with Crippen LogP contribution in [0.15, 0.2) is 0 Å². The van der Waals surface area contributed by atoms with E-state index in [1.165, 1.54) is 5.48 Å². The van der Waals surface area contributed by atoms with Gasteiger partial charge in [-0.25, -0.2) is 5.48 Å². The van der Waals surface area contributed by atoms with Crippen LogP contribution in [0.3, 0.4) is 0 Å². The Morgan fingerprint density at radius 2 is 2.10 bits per heavy atom. The van der Waals surface area contributed by atoms with Crippen molar-refractivity contribution in [3.8, 4) is 0 Å². The van der Waals surface area contributed by atoms with Gasteiger partial charge < -0.3 is 5.73 Å². The lowest BCUT2D eigenvalue weighted by Gasteiger charge is -1.95. The Morgan fingerprint density at radius 3 is 2.40 bits per heavy atom. The number of primary amides is 1. The van der Waals surface area contributed by atoms with Gasteiger partial charge in [0.15, 0.2) is 0 Å². The van der Waals surface area contributed by atoms with Crippen LogP contribution in [0.4, 0.5) is 0 Å². The zero-order valence-corrected chi connectivity index (χ0v) is 5.05. The van der Waals surface area contributed by atoms with Crippen LogP contribution in [0, 0.1) is 5.41 Å². The van der Waals surface area contributed by atoms with Gasteiger partial charge in [-0.3, -0.25) is 20.2 Å². The summed E-state index contributed by atoms with van der Waals surface area (Å²) in [7, 11) is 0. The molecule has 0 atom stereocenters. The van der Waals surface area contributed by atoms with E-state index in [4.69, 9.17) is 10.6 Å². The molecule has 2 amide bonds. The number of nitrogens with two attached hydrogens (primary N) is 1. The van der Waals surface area contributed by atoms with Crippen molar-refractivity contribution in [2.24, 2.45) is 5.73 Å². The van der Waals surface area contributed by atoms with Crippen molar-refractivity contribution in [2.75, 3.05) is 0 Å². The van der Waals surface area contributed by atoms with E-state index >= 15 is 0 Å². The number of amides is 2. The summed E-state index contributed by atoms with van der Waals surface area (Å²) in [5.41, 5.74) is 5.28. The summed E-state index contributed by atoms with van der Waals surface area (Å²) < 4.78 is 0. The van der Waals surface area contributed by atoms with E-state index in [0.717, 1.165) is 0 Å². The van der Waals surface area contributed by atoms with Gasteiger partial charge in [0.1, 0.15) is 5.71 Å². The predicted octanol–water partition coefficient (Wildman–Crippen LogP) is -1.61. The minimum Gasteiger partial charge on any atom is -0.369 e. The van der Waals surface area contributed by atoms with Gasteiger partial charge in [0.25, 0.3) is 5.91 Å². The van der Waals surface area contributed by atoms with Crippen molar-refractivity contribution in [1.82, 2.24) is 5.48 Å². The molecule has 0 aromatic carbocycles. The molecule has 0 heterocycles. The van der Waals surface area contributed by atoms with Gasteiger partial charge in [-0.05, 0) is 0 Å². The normalized spacial score (nSPS) is 8.50. The fraction of sp³-hybridized carbons (Fsp3) is 0.250. The molecule has 0 fully saturated rings. The zero-order chi connectivity index (χ0) is 8.15. The molecule has 0 aliphatic carbocycles. The minimum atomic E-state index is -1.01. The maximum Gasteiger partial charge on any atom is 0.288 e. The Kier molecular flexibility index (Phi) is 3.06. The molecular weight excluding hydrogens is 138 g/mol. The zero-order valence-electron chi connectivity index (χ0n) is 5.05. The number of hydrogen-bond acceptors (Lipinski definition) is 4. The molecule has 0 aromatic rings. The molecule has 0 bridgehead atoms. The van der Waals surface area contributed by atoms with Crippen LogP contribution in [0.1, 0.15) is 6.42 Å². The highest BCUT2D eigenvalue weighted by atomic mass is 16.5. The first-order valence-electron chi connectivity index (χ1n) is 2.38. The lowest BCUT2D eigenvalue weighted by molar-refractivity contribution is -0.123. The van der Waals surface area contributed by atoms with E-state index in [1.54, 1.807) is 0 Å². The van der Waals surface area contributed by atoms with E-state index in [1.807, 2.05) is 0 Å². The third kappa shape index (κ3) is 2.78. The maximum absolute atomic E-state index is 10.3. The molecule has 10 heavy (non-hydrogen) atoms. The van der Waals surface area contributed by atoms with Gasteiger partial charge in [0.05, 0.1) is 6.42 Å². The predicted molar refractivity (Wildman–Crippen MR) is 31.5 cm³/mol. The van der Waals surface area contributed by atoms with Gasteiger partial charge in [-0.1, -0.05) is 0 Å². The molecule has 0 saturated heterocycles. The van der Waals surface area contributed by atoms with E-state index in [-0.39, 0.29) is 0 Å². The molecule has 0 aliphatic rings. The maximum atomic E-state index is 10.3. The van der Waals surface area contributed by atoms with Gasteiger partial charge >= 0.3 is 0 Å². The first kappa shape index (κ1) is 8.57. The first-order valence-corrected chi connectivity index (χ1v) is 2.38. The van der Waals surface area contributed by atoms with Crippen LogP contribution in [0.5, 0.6) is 0 Å². The largest absolute Gasteiger partial charge is 0.369 e. The molecule has 0 unspecified atom stereocenters. The third-order valence-corrected chi connectivity index (χ3v) is 0.727. The molecule has 6 nitrogen and oxygen atoms in total. The topological polar surface area (TPSA) is 116 Å². The summed E-state index contributed by atoms with van der Waals surface area (Å²) in [6.45, 7) is 0. The molecule has 6 heteroatoms. The van der Waals surface area contributed by atoms with Crippen molar-refractivity contribution in [2.45, 2.75) is 6.42 Å².